The summed E-state index contributed by atoms with van der Waals surface area (Å²) in [4.78, 5) is 4.58. The fourth-order valence-corrected chi connectivity index (χ4v) is 2.39. The van der Waals surface area contributed by atoms with Crippen LogP contribution in [0.15, 0.2) is 54.0 Å². The number of allylic oxidation sites excluding steroid dienone is 5. The van der Waals surface area contributed by atoms with Crippen LogP contribution < -0.4 is 10.6 Å². The summed E-state index contributed by atoms with van der Waals surface area (Å²) in [6, 6.07) is 0. The molecular formula is C16H23N3O. The first-order valence-electron chi connectivity index (χ1n) is 7.10. The van der Waals surface area contributed by atoms with Crippen molar-refractivity contribution in [3.63, 3.8) is 0 Å². The van der Waals surface area contributed by atoms with Gasteiger partial charge in [0, 0.05) is 38.2 Å². The summed E-state index contributed by atoms with van der Waals surface area (Å²) in [6.07, 6.45) is 13.9. The van der Waals surface area contributed by atoms with Gasteiger partial charge in [-0.25, -0.2) is 4.99 Å². The molecule has 108 valence electrons. The molecule has 4 heteroatoms. The molecule has 2 rings (SSSR count). The molecule has 0 radical (unpaired) electrons. The highest BCUT2D eigenvalue weighted by atomic mass is 16.5. The van der Waals surface area contributed by atoms with Crippen molar-refractivity contribution in [2.45, 2.75) is 18.9 Å². The first-order valence-corrected chi connectivity index (χ1v) is 7.10. The second-order valence-electron chi connectivity index (χ2n) is 4.96. The van der Waals surface area contributed by atoms with Crippen LogP contribution >= 0.6 is 0 Å². The van der Waals surface area contributed by atoms with E-state index in [0.717, 1.165) is 31.6 Å². The molecule has 0 amide bonds. The van der Waals surface area contributed by atoms with E-state index in [0.29, 0.717) is 11.8 Å². The SMILES string of the molecule is C=CCC1CNCC1OC(=C/NC)/N=C1/C=CC=CC1. The van der Waals surface area contributed by atoms with Gasteiger partial charge in [0.2, 0.25) is 5.88 Å². The number of hydrogen-bond acceptors (Lipinski definition) is 4. The van der Waals surface area contributed by atoms with E-state index in [1.807, 2.05) is 37.6 Å². The lowest BCUT2D eigenvalue weighted by molar-refractivity contribution is 0.0940. The van der Waals surface area contributed by atoms with Gasteiger partial charge in [-0.3, -0.25) is 0 Å². The van der Waals surface area contributed by atoms with E-state index in [-0.39, 0.29) is 6.10 Å². The molecule has 1 heterocycles. The monoisotopic (exact) mass is 273 g/mol. The zero-order chi connectivity index (χ0) is 14.2. The van der Waals surface area contributed by atoms with E-state index in [1.54, 1.807) is 0 Å². The van der Waals surface area contributed by atoms with E-state index in [4.69, 9.17) is 4.74 Å². The average Bonchev–Trinajstić information content (AvgIpc) is 2.88. The maximum absolute atomic E-state index is 6.06. The normalized spacial score (nSPS) is 27.9. The number of nitrogens with one attached hydrogen (secondary N) is 2. The molecule has 2 unspecified atom stereocenters. The smallest absolute Gasteiger partial charge is 0.230 e. The summed E-state index contributed by atoms with van der Waals surface area (Å²) >= 11 is 0. The molecule has 0 bridgehead atoms. The maximum atomic E-state index is 6.06. The van der Waals surface area contributed by atoms with E-state index >= 15 is 0 Å². The maximum Gasteiger partial charge on any atom is 0.230 e. The lowest BCUT2D eigenvalue weighted by atomic mass is 10.0. The molecule has 0 saturated carbocycles. The minimum Gasteiger partial charge on any atom is -0.472 e. The van der Waals surface area contributed by atoms with Crippen LogP contribution in [0.25, 0.3) is 0 Å². The molecule has 0 aromatic heterocycles. The molecule has 1 saturated heterocycles. The van der Waals surface area contributed by atoms with Crippen LogP contribution in [0, 0.1) is 5.92 Å². The van der Waals surface area contributed by atoms with Gasteiger partial charge >= 0.3 is 0 Å². The topological polar surface area (TPSA) is 45.6 Å². The average molecular weight is 273 g/mol. The summed E-state index contributed by atoms with van der Waals surface area (Å²) in [6.45, 7) is 5.65. The Morgan fingerprint density at radius 3 is 3.15 bits per heavy atom. The highest BCUT2D eigenvalue weighted by Crippen LogP contribution is 2.20. The van der Waals surface area contributed by atoms with Gasteiger partial charge in [-0.2, -0.15) is 0 Å². The van der Waals surface area contributed by atoms with Gasteiger partial charge < -0.3 is 15.4 Å². The summed E-state index contributed by atoms with van der Waals surface area (Å²) in [5.41, 5.74) is 1.01. The minimum atomic E-state index is 0.153. The van der Waals surface area contributed by atoms with Gasteiger partial charge in [0.25, 0.3) is 0 Å². The molecule has 0 aromatic carbocycles. The molecule has 0 aromatic rings. The number of aliphatic imine (C=N–C) groups is 1. The second kappa shape index (κ2) is 7.70. The van der Waals surface area contributed by atoms with Crippen LogP contribution in [0.2, 0.25) is 0 Å². The highest BCUT2D eigenvalue weighted by Gasteiger charge is 2.28. The third-order valence-electron chi connectivity index (χ3n) is 3.40. The second-order valence-corrected chi connectivity index (χ2v) is 4.96. The van der Waals surface area contributed by atoms with E-state index in [1.165, 1.54) is 0 Å². The summed E-state index contributed by atoms with van der Waals surface area (Å²) in [5.74, 6) is 1.11. The van der Waals surface area contributed by atoms with Gasteiger partial charge in [-0.15, -0.1) is 6.58 Å². The fraction of sp³-hybridized carbons (Fsp3) is 0.438. The summed E-state index contributed by atoms with van der Waals surface area (Å²) < 4.78 is 6.06. The van der Waals surface area contributed by atoms with E-state index in [2.05, 4.69) is 28.3 Å². The fourth-order valence-electron chi connectivity index (χ4n) is 2.39. The lowest BCUT2D eigenvalue weighted by Crippen LogP contribution is -2.22. The number of nitrogens with zero attached hydrogens (tertiary/aromatic N) is 1. The standard InChI is InChI=1S/C16H23N3O/c1-3-7-13-10-18-11-15(13)20-16(12-17-2)19-14-8-5-4-6-9-14/h3-6,8,12-13,15,17-18H,1,7,9-11H2,2H3/b16-12+,19-14-. The van der Waals surface area contributed by atoms with Crippen LogP contribution in [0.3, 0.4) is 0 Å². The molecule has 2 aliphatic rings. The Balaban J connectivity index is 2.02. The van der Waals surface area contributed by atoms with Crippen LogP contribution in [0.4, 0.5) is 0 Å². The van der Waals surface area contributed by atoms with Gasteiger partial charge in [0.05, 0.1) is 6.20 Å². The largest absolute Gasteiger partial charge is 0.472 e. The quantitative estimate of drug-likeness (QED) is 0.576. The predicted molar refractivity (Wildman–Crippen MR) is 83.5 cm³/mol. The van der Waals surface area contributed by atoms with Crippen molar-refractivity contribution < 1.29 is 4.74 Å². The third-order valence-corrected chi connectivity index (χ3v) is 3.40. The molecular weight excluding hydrogens is 250 g/mol. The molecule has 2 atom stereocenters. The van der Waals surface area contributed by atoms with Crippen molar-refractivity contribution in [1.82, 2.24) is 10.6 Å². The predicted octanol–water partition coefficient (Wildman–Crippen LogP) is 2.14. The van der Waals surface area contributed by atoms with Crippen molar-refractivity contribution in [2.75, 3.05) is 20.1 Å². The molecule has 4 nitrogen and oxygen atoms in total. The van der Waals surface area contributed by atoms with Crippen LogP contribution in [-0.4, -0.2) is 32.0 Å². The number of ether oxygens (including phenoxy) is 1. The van der Waals surface area contributed by atoms with Gasteiger partial charge in [0.15, 0.2) is 0 Å². The van der Waals surface area contributed by atoms with Crippen molar-refractivity contribution in [3.05, 3.63) is 49.0 Å². The summed E-state index contributed by atoms with van der Waals surface area (Å²) in [5, 5.41) is 6.37. The van der Waals surface area contributed by atoms with Gasteiger partial charge in [-0.1, -0.05) is 24.3 Å². The molecule has 2 N–H and O–H groups in total. The van der Waals surface area contributed by atoms with Gasteiger partial charge in [0.1, 0.15) is 6.10 Å². The van der Waals surface area contributed by atoms with Gasteiger partial charge in [-0.05, 0) is 12.5 Å². The van der Waals surface area contributed by atoms with E-state index in [9.17, 15) is 0 Å². The molecule has 1 aliphatic heterocycles. The van der Waals surface area contributed by atoms with Crippen molar-refractivity contribution >= 4 is 5.71 Å². The van der Waals surface area contributed by atoms with Crippen molar-refractivity contribution in [2.24, 2.45) is 10.9 Å². The molecule has 0 spiro atoms. The Morgan fingerprint density at radius 2 is 2.45 bits per heavy atom. The minimum absolute atomic E-state index is 0.153. The lowest BCUT2D eigenvalue weighted by Gasteiger charge is -2.19. The first-order chi connectivity index (χ1) is 9.83. The first kappa shape index (κ1) is 14.6. The van der Waals surface area contributed by atoms with Crippen LogP contribution in [0.5, 0.6) is 0 Å². The zero-order valence-electron chi connectivity index (χ0n) is 12.0. The third kappa shape index (κ3) is 4.10. The molecule has 1 fully saturated rings. The molecule has 20 heavy (non-hydrogen) atoms. The zero-order valence-corrected chi connectivity index (χ0v) is 12.0. The van der Waals surface area contributed by atoms with E-state index < -0.39 is 0 Å². The van der Waals surface area contributed by atoms with Crippen molar-refractivity contribution in [1.29, 1.82) is 0 Å². The number of rotatable bonds is 6. The highest BCUT2D eigenvalue weighted by molar-refractivity contribution is 5.97. The van der Waals surface area contributed by atoms with Crippen LogP contribution in [0.1, 0.15) is 12.8 Å². The Labute approximate surface area is 121 Å². The summed E-state index contributed by atoms with van der Waals surface area (Å²) in [7, 11) is 1.86. The van der Waals surface area contributed by atoms with Crippen LogP contribution in [-0.2, 0) is 4.74 Å². The Hall–Kier alpha value is -1.81. The number of hydrogen-bond donors (Lipinski definition) is 2. The Bertz CT molecular complexity index is 449. The molecule has 1 aliphatic carbocycles. The Kier molecular flexibility index (Phi) is 5.62. The van der Waals surface area contributed by atoms with Crippen molar-refractivity contribution in [3.8, 4) is 0 Å². The Morgan fingerprint density at radius 1 is 1.55 bits per heavy atom.